The molecule has 0 radical (unpaired) electrons. The first kappa shape index (κ1) is 12.6. The molecule has 0 aromatic carbocycles. The molecule has 0 aromatic rings. The smallest absolute Gasteiger partial charge is 0.136 e. The maximum Gasteiger partial charge on any atom is 0.136 e. The van der Waals surface area contributed by atoms with Crippen LogP contribution in [-0.2, 0) is 4.79 Å². The van der Waals surface area contributed by atoms with E-state index in [1.165, 1.54) is 45.4 Å². The zero-order valence-electron chi connectivity index (χ0n) is 11.4. The van der Waals surface area contributed by atoms with Gasteiger partial charge in [0.05, 0.1) is 0 Å². The Hall–Kier alpha value is -0.410. The van der Waals surface area contributed by atoms with Crippen molar-refractivity contribution in [3.8, 4) is 0 Å². The van der Waals surface area contributed by atoms with Crippen molar-refractivity contribution in [2.24, 2.45) is 5.92 Å². The van der Waals surface area contributed by atoms with Crippen LogP contribution in [0, 0.1) is 5.92 Å². The van der Waals surface area contributed by atoms with Crippen LogP contribution in [0.2, 0.25) is 0 Å². The molecule has 18 heavy (non-hydrogen) atoms. The summed E-state index contributed by atoms with van der Waals surface area (Å²) in [6.45, 7) is 6.29. The highest BCUT2D eigenvalue weighted by molar-refractivity contribution is 5.82. The van der Waals surface area contributed by atoms with E-state index in [4.69, 9.17) is 0 Å². The molecule has 0 N–H and O–H groups in total. The average molecular weight is 250 g/mol. The molecule has 2 aliphatic heterocycles. The highest BCUT2D eigenvalue weighted by Gasteiger charge is 2.30. The van der Waals surface area contributed by atoms with Crippen LogP contribution in [0.1, 0.15) is 44.9 Å². The second-order valence-corrected chi connectivity index (χ2v) is 6.33. The summed E-state index contributed by atoms with van der Waals surface area (Å²) >= 11 is 0. The van der Waals surface area contributed by atoms with Gasteiger partial charge in [-0.3, -0.25) is 9.69 Å². The summed E-state index contributed by atoms with van der Waals surface area (Å²) in [7, 11) is 0. The molecule has 3 heteroatoms. The van der Waals surface area contributed by atoms with Crippen LogP contribution < -0.4 is 0 Å². The number of hydrogen-bond donors (Lipinski definition) is 0. The maximum atomic E-state index is 11.6. The van der Waals surface area contributed by atoms with E-state index in [9.17, 15) is 4.79 Å². The van der Waals surface area contributed by atoms with Crippen molar-refractivity contribution >= 4 is 5.78 Å². The zero-order valence-corrected chi connectivity index (χ0v) is 11.4. The van der Waals surface area contributed by atoms with Crippen molar-refractivity contribution in [3.05, 3.63) is 0 Å². The fourth-order valence-electron chi connectivity index (χ4n) is 3.95. The Morgan fingerprint density at radius 1 is 1.06 bits per heavy atom. The number of ketones is 1. The fraction of sp³-hybridized carbons (Fsp3) is 0.933. The lowest BCUT2D eigenvalue weighted by molar-refractivity contribution is -0.120. The van der Waals surface area contributed by atoms with Crippen LogP contribution in [0.5, 0.6) is 0 Å². The Morgan fingerprint density at radius 3 is 2.61 bits per heavy atom. The second kappa shape index (κ2) is 5.70. The highest BCUT2D eigenvalue weighted by atomic mass is 16.1. The Labute approximate surface area is 111 Å². The van der Waals surface area contributed by atoms with E-state index in [-0.39, 0.29) is 0 Å². The van der Waals surface area contributed by atoms with Gasteiger partial charge in [0.15, 0.2) is 0 Å². The highest BCUT2D eigenvalue weighted by Crippen LogP contribution is 2.26. The van der Waals surface area contributed by atoms with E-state index >= 15 is 0 Å². The van der Waals surface area contributed by atoms with Crippen LogP contribution >= 0.6 is 0 Å². The first-order valence-corrected chi connectivity index (χ1v) is 7.82. The van der Waals surface area contributed by atoms with Crippen molar-refractivity contribution < 1.29 is 4.79 Å². The van der Waals surface area contributed by atoms with Crippen LogP contribution in [0.3, 0.4) is 0 Å². The average Bonchev–Trinajstić information content (AvgIpc) is 3.08. The number of rotatable bonds is 4. The molecule has 0 bridgehead atoms. The molecule has 2 unspecified atom stereocenters. The quantitative estimate of drug-likeness (QED) is 0.761. The summed E-state index contributed by atoms with van der Waals surface area (Å²) in [6, 6.07) is 0.812. The number of carbonyl (C=O) groups is 1. The summed E-state index contributed by atoms with van der Waals surface area (Å²) in [5.74, 6) is 0.932. The Balaban J connectivity index is 1.40. The lowest BCUT2D eigenvalue weighted by atomic mass is 10.0. The molecule has 2 heterocycles. The largest absolute Gasteiger partial charge is 0.302 e. The number of hydrogen-bond acceptors (Lipinski definition) is 3. The van der Waals surface area contributed by atoms with Crippen LogP contribution in [0.15, 0.2) is 0 Å². The zero-order chi connectivity index (χ0) is 12.4. The summed E-state index contributed by atoms with van der Waals surface area (Å²) in [5, 5.41) is 0. The molecule has 3 nitrogen and oxygen atoms in total. The molecule has 3 rings (SSSR count). The van der Waals surface area contributed by atoms with Crippen molar-refractivity contribution in [1.29, 1.82) is 0 Å². The van der Waals surface area contributed by atoms with E-state index < -0.39 is 0 Å². The summed E-state index contributed by atoms with van der Waals surface area (Å²) in [4.78, 5) is 16.9. The third-order valence-corrected chi connectivity index (χ3v) is 5.13. The summed E-state index contributed by atoms with van der Waals surface area (Å²) in [6.07, 6.45) is 8.40. The van der Waals surface area contributed by atoms with Crippen LogP contribution in [-0.4, -0.2) is 54.3 Å². The summed E-state index contributed by atoms with van der Waals surface area (Å²) in [5.41, 5.74) is 0. The number of Topliss-reactive ketones (excluding diaryl/α,β-unsaturated/α-hetero) is 1. The first-order chi connectivity index (χ1) is 8.83. The van der Waals surface area contributed by atoms with Gasteiger partial charge in [-0.1, -0.05) is 0 Å². The monoisotopic (exact) mass is 250 g/mol. The first-order valence-electron chi connectivity index (χ1n) is 7.82. The van der Waals surface area contributed by atoms with E-state index in [0.717, 1.165) is 38.3 Å². The predicted molar refractivity (Wildman–Crippen MR) is 72.6 cm³/mol. The molecule has 2 atom stereocenters. The minimum atomic E-state index is 0.399. The van der Waals surface area contributed by atoms with E-state index in [1.54, 1.807) is 0 Å². The van der Waals surface area contributed by atoms with E-state index in [0.29, 0.717) is 11.7 Å². The molecular weight excluding hydrogens is 224 g/mol. The third kappa shape index (κ3) is 2.77. The van der Waals surface area contributed by atoms with Gasteiger partial charge < -0.3 is 4.90 Å². The molecule has 102 valence electrons. The third-order valence-electron chi connectivity index (χ3n) is 5.13. The van der Waals surface area contributed by atoms with Crippen molar-refractivity contribution in [1.82, 2.24) is 9.80 Å². The number of carbonyl (C=O) groups excluding carboxylic acids is 1. The van der Waals surface area contributed by atoms with Gasteiger partial charge in [-0.15, -0.1) is 0 Å². The molecule has 3 aliphatic rings. The minimum Gasteiger partial charge on any atom is -0.302 e. The lowest BCUT2D eigenvalue weighted by Gasteiger charge is -2.24. The van der Waals surface area contributed by atoms with Gasteiger partial charge in [0.2, 0.25) is 0 Å². The van der Waals surface area contributed by atoms with Crippen LogP contribution in [0.25, 0.3) is 0 Å². The van der Waals surface area contributed by atoms with Gasteiger partial charge in [0, 0.05) is 24.9 Å². The molecule has 3 fully saturated rings. The Morgan fingerprint density at radius 2 is 1.89 bits per heavy atom. The topological polar surface area (TPSA) is 23.6 Å². The number of nitrogens with zero attached hydrogens (tertiary/aromatic N) is 2. The van der Waals surface area contributed by atoms with Crippen molar-refractivity contribution in [2.45, 2.75) is 51.0 Å². The molecule has 1 saturated carbocycles. The molecule has 0 spiro atoms. The summed E-state index contributed by atoms with van der Waals surface area (Å²) < 4.78 is 0. The fourth-order valence-corrected chi connectivity index (χ4v) is 3.95. The Kier molecular flexibility index (Phi) is 4.00. The normalized spacial score (nSPS) is 34.8. The molecule has 1 aliphatic carbocycles. The van der Waals surface area contributed by atoms with Crippen molar-refractivity contribution in [3.63, 3.8) is 0 Å². The molecule has 0 amide bonds. The van der Waals surface area contributed by atoms with E-state index in [2.05, 4.69) is 9.80 Å². The van der Waals surface area contributed by atoms with Gasteiger partial charge >= 0.3 is 0 Å². The second-order valence-electron chi connectivity index (χ2n) is 6.33. The van der Waals surface area contributed by atoms with E-state index in [1.807, 2.05) is 0 Å². The molecule has 2 saturated heterocycles. The van der Waals surface area contributed by atoms with Gasteiger partial charge in [0.25, 0.3) is 0 Å². The molecular formula is C15H26N2O. The maximum absolute atomic E-state index is 11.6. The van der Waals surface area contributed by atoms with Crippen molar-refractivity contribution in [2.75, 3.05) is 32.7 Å². The van der Waals surface area contributed by atoms with Gasteiger partial charge in [-0.2, -0.15) is 0 Å². The number of likely N-dealkylation sites (tertiary alicyclic amines) is 2. The van der Waals surface area contributed by atoms with Gasteiger partial charge in [0.1, 0.15) is 5.78 Å². The Bertz CT molecular complexity index is 299. The lowest BCUT2D eigenvalue weighted by Crippen LogP contribution is -2.35. The van der Waals surface area contributed by atoms with Gasteiger partial charge in [-0.25, -0.2) is 0 Å². The predicted octanol–water partition coefficient (Wildman–Crippen LogP) is 1.92. The van der Waals surface area contributed by atoms with Gasteiger partial charge in [-0.05, 0) is 64.7 Å². The minimum absolute atomic E-state index is 0.399. The SMILES string of the molecule is O=C1CCCC1CCN1CCC(N2CCCC2)C1. The molecule has 0 aromatic heterocycles. The van der Waals surface area contributed by atoms with Crippen LogP contribution in [0.4, 0.5) is 0 Å². The standard InChI is InChI=1S/C15H26N2O/c18-15-5-3-4-13(15)6-10-16-11-7-14(12-16)17-8-1-2-9-17/h13-14H,1-12H2.